The van der Waals surface area contributed by atoms with Crippen LogP contribution in [0, 0.1) is 42.8 Å². The highest BCUT2D eigenvalue weighted by atomic mass is 127. The molecule has 0 spiro atoms. The predicted octanol–water partition coefficient (Wildman–Crippen LogP) is 35.6. The maximum atomic E-state index is 13.1. The van der Waals surface area contributed by atoms with E-state index in [0.29, 0.717) is 81.9 Å². The largest absolute Gasteiger partial charge is 0.506 e. The maximum Gasteiger partial charge on any atom is 0.416 e. The molecule has 720 valence electrons. The van der Waals surface area contributed by atoms with Gasteiger partial charge in [0.05, 0.1) is 87.3 Å². The lowest BCUT2D eigenvalue weighted by molar-refractivity contribution is -0.138. The number of hydrogen-bond acceptors (Lipinski definition) is 8. The quantitative estimate of drug-likeness (QED) is 0.0268. The number of phenolic OH excluding ortho intramolecular Hbond substituents is 4. The number of rotatable bonds is 24. The summed E-state index contributed by atoms with van der Waals surface area (Å²) in [5.74, 6) is 3.61. The molecule has 0 aliphatic heterocycles. The first-order valence-corrected chi connectivity index (χ1v) is 58.6. The highest BCUT2D eigenvalue weighted by molar-refractivity contribution is 14.1. The topological polar surface area (TPSA) is 118 Å². The summed E-state index contributed by atoms with van der Waals surface area (Å²) in [6.07, 6.45) is -18.0. The molecule has 16 aromatic rings. The average Bonchev–Trinajstić information content (AvgIpc) is 0.785. The predicted molar refractivity (Wildman–Crippen MR) is 628 cm³/mol. The molecule has 0 bridgehead atoms. The van der Waals surface area contributed by atoms with E-state index in [9.17, 15) is 73.1 Å². The molecule has 8 nitrogen and oxygen atoms in total. The van der Waals surface area contributed by atoms with Crippen LogP contribution in [0.5, 0.6) is 46.0 Å². The fourth-order valence-electron chi connectivity index (χ4n) is 13.2. The van der Waals surface area contributed by atoms with Gasteiger partial charge in [0.25, 0.3) is 0 Å². The molecule has 0 fully saturated rings. The summed E-state index contributed by atoms with van der Waals surface area (Å²) in [5.41, 5.74) is 0.0682. The number of ether oxygens (including phenoxy) is 4. The molecule has 0 radical (unpaired) electrons. The normalized spacial score (nSPS) is 11.6. The molecule has 0 saturated heterocycles. The van der Waals surface area contributed by atoms with Crippen LogP contribution in [0.2, 0.25) is 0 Å². The Kier molecular flexibility index (Phi) is 41.3. The minimum Gasteiger partial charge on any atom is -0.506 e. The van der Waals surface area contributed by atoms with Crippen LogP contribution in [-0.2, 0) is 94.7 Å². The van der Waals surface area contributed by atoms with E-state index in [1.807, 2.05) is 122 Å². The van der Waals surface area contributed by atoms with Gasteiger partial charge in [-0.3, -0.25) is 0 Å². The lowest BCUT2D eigenvalue weighted by Crippen LogP contribution is -2.09. The molecule has 0 amide bonds. The van der Waals surface area contributed by atoms with Gasteiger partial charge in [0.15, 0.2) is 58.7 Å². The molecule has 36 heteroatoms. The van der Waals surface area contributed by atoms with E-state index in [2.05, 4.69) is 325 Å². The second-order valence-corrected chi connectivity index (χ2v) is 52.3. The van der Waals surface area contributed by atoms with Crippen molar-refractivity contribution in [2.45, 2.75) is 110 Å². The third kappa shape index (κ3) is 31.7. The van der Waals surface area contributed by atoms with E-state index < -0.39 is 68.7 Å². The molecule has 4 N–H and O–H groups in total. The molecule has 0 saturated carbocycles. The lowest BCUT2D eigenvalue weighted by atomic mass is 10.2. The van der Waals surface area contributed by atoms with E-state index in [1.54, 1.807) is 66.7 Å². The SMILES string of the molecule is Oc1c(I)cc(COc2ccc([S+](c3ccc(C(F)(F)F)cc3)c3ccc(C(F)(F)F)cc3)cc2)cc1I.Oc1c(I)cc(COc2ccc([S+](c3ccc(I)cc3)c3ccc(I)cc3)cc2)cc1I.Oc1c(I)cc(I)cc1COc1ccc([S+](c2ccc(C(F)(F)F)cc2)c2ccc(C(F)(F)F)cc2)cc1.Oc1c(I)cc(I)cc1COc1ccc([S+](c2ccc(I)cc2)c2ccc(I)cc2)cc1. The number of halogens is 24. The first kappa shape index (κ1) is 112. The number of hydrogen-bond donors (Lipinski definition) is 4. The highest BCUT2D eigenvalue weighted by Crippen LogP contribution is 2.44. The molecule has 0 atom stereocenters. The Balaban J connectivity index is 0.000000158. The summed E-state index contributed by atoms with van der Waals surface area (Å²) in [6, 6.07) is 99.1. The van der Waals surface area contributed by atoms with Gasteiger partial charge in [-0.25, -0.2) is 0 Å². The van der Waals surface area contributed by atoms with E-state index in [-0.39, 0.29) is 46.5 Å². The number of alkyl halides is 12. The van der Waals surface area contributed by atoms with Gasteiger partial charge >= 0.3 is 24.7 Å². The summed E-state index contributed by atoms with van der Waals surface area (Å²) in [4.78, 5) is 11.2. The highest BCUT2D eigenvalue weighted by Gasteiger charge is 2.39. The van der Waals surface area contributed by atoms with Gasteiger partial charge < -0.3 is 39.4 Å². The van der Waals surface area contributed by atoms with E-state index >= 15 is 0 Å². The number of aromatic hydroxyl groups is 4. The minimum atomic E-state index is -4.51. The molecule has 0 unspecified atom stereocenters. The molecule has 16 rings (SSSR count). The van der Waals surface area contributed by atoms with Gasteiger partial charge in [-0.1, -0.05) is 0 Å². The Bertz CT molecular complexity index is 6650. The van der Waals surface area contributed by atoms with Crippen molar-refractivity contribution in [1.82, 2.24) is 0 Å². The summed E-state index contributed by atoms with van der Waals surface area (Å²) in [6.45, 7) is 1.15. The summed E-state index contributed by atoms with van der Waals surface area (Å²) < 4.78 is 192. The van der Waals surface area contributed by atoms with Crippen molar-refractivity contribution in [2.24, 2.45) is 0 Å². The Hall–Kier alpha value is -4.76. The van der Waals surface area contributed by atoms with Gasteiger partial charge in [-0.2, -0.15) is 52.7 Å². The van der Waals surface area contributed by atoms with Crippen LogP contribution < -0.4 is 18.9 Å². The Morgan fingerprint density at radius 1 is 0.186 bits per heavy atom. The third-order valence-electron chi connectivity index (χ3n) is 20.1. The molecule has 0 aliphatic carbocycles. The Morgan fingerprint density at radius 2 is 0.343 bits per heavy atom. The van der Waals surface area contributed by atoms with Crippen LogP contribution in [0.15, 0.2) is 398 Å². The lowest BCUT2D eigenvalue weighted by Gasteiger charge is -2.13. The van der Waals surface area contributed by atoms with Crippen molar-refractivity contribution in [3.63, 3.8) is 0 Å². The van der Waals surface area contributed by atoms with Crippen molar-refractivity contribution >= 4 is 315 Å². The zero-order valence-corrected chi connectivity index (χ0v) is 100. The number of benzene rings is 16. The second-order valence-electron chi connectivity index (χ2n) is 29.8. The Morgan fingerprint density at radius 3 is 0.521 bits per heavy atom. The molecule has 0 aromatic heterocycles. The van der Waals surface area contributed by atoms with Gasteiger partial charge in [0.2, 0.25) is 0 Å². The smallest absolute Gasteiger partial charge is 0.416 e. The summed E-state index contributed by atoms with van der Waals surface area (Å²) in [5, 5.41) is 40.5. The van der Waals surface area contributed by atoms with E-state index in [4.69, 9.17) is 18.9 Å². The van der Waals surface area contributed by atoms with Crippen molar-refractivity contribution in [2.75, 3.05) is 0 Å². The zero-order valence-electron chi connectivity index (χ0n) is 71.3. The minimum absolute atomic E-state index is 0.113. The van der Waals surface area contributed by atoms with Crippen LogP contribution >= 0.6 is 271 Å². The van der Waals surface area contributed by atoms with Crippen LogP contribution in [0.4, 0.5) is 52.7 Å². The van der Waals surface area contributed by atoms with Crippen molar-refractivity contribution < 1.29 is 92.1 Å². The molecular weight excluding hydrogens is 3260 g/mol. The van der Waals surface area contributed by atoms with Gasteiger partial charge in [-0.05, 0) is 622 Å². The first-order chi connectivity index (χ1) is 66.5. The fourth-order valence-corrected chi connectivity index (χ4v) is 30.6. The van der Waals surface area contributed by atoms with Gasteiger partial charge in [0.1, 0.15) is 72.4 Å². The van der Waals surface area contributed by atoms with Crippen molar-refractivity contribution in [3.05, 3.63) is 427 Å². The van der Waals surface area contributed by atoms with Crippen LogP contribution in [-0.4, -0.2) is 20.4 Å². The molecule has 140 heavy (non-hydrogen) atoms. The fraction of sp³-hybridized carbons (Fsp3) is 0.0769. The number of phenols is 4. The molecule has 0 aliphatic rings. The van der Waals surface area contributed by atoms with Crippen LogP contribution in [0.25, 0.3) is 0 Å². The molecular formula is C104H68F12I12O8S4+4. The summed E-state index contributed by atoms with van der Waals surface area (Å²) >= 11 is 26.3. The van der Waals surface area contributed by atoms with E-state index in [1.165, 1.54) is 92.2 Å². The molecule has 16 aromatic carbocycles. The van der Waals surface area contributed by atoms with Gasteiger partial charge in [0, 0.05) is 32.5 Å². The van der Waals surface area contributed by atoms with Crippen LogP contribution in [0.3, 0.4) is 0 Å². The van der Waals surface area contributed by atoms with Gasteiger partial charge in [-0.15, -0.1) is 0 Å². The molecule has 0 heterocycles. The van der Waals surface area contributed by atoms with Crippen LogP contribution in [0.1, 0.15) is 44.5 Å². The van der Waals surface area contributed by atoms with Crippen molar-refractivity contribution in [1.29, 1.82) is 0 Å². The standard InChI is InChI=1S/2C27H16F6I2O2S.2C25H16I4O2S/c28-26(29,30)17-1-7-21(8-2-17)38(22-9-3-18(4-10-22)27(31,32)33)23-11-5-20(6-12-23)37-15-16-13-19(34)14-24(35)25(16)36;28-26(29,30)17-1-7-20(8-2-17)38(21-9-3-18(4-10-21)27(31,32)33)22-11-5-19(6-12-22)37-15-16-13-23(34)25(36)24(35)14-16;26-17-1-7-21(8-2-17)32(22-9-3-18(27)4-10-22)23-11-5-20(6-12-23)31-15-16-13-19(28)14-24(29)25(16)30;26-17-1-7-20(8-2-17)32(21-9-3-18(27)4-10-21)22-11-5-19(6-12-22)31-15-16-13-23(28)25(30)24(29)14-16/h2*1-14H,15H2;2*1-14H,15H2/p+4. The zero-order chi connectivity index (χ0) is 101. The monoisotopic (exact) mass is 3320 g/mol. The third-order valence-corrected chi connectivity index (χ3v) is 38.1. The average molecular weight is 3320 g/mol. The first-order valence-electron chi connectivity index (χ1n) is 40.7. The second kappa shape index (κ2) is 51.4. The summed E-state index contributed by atoms with van der Waals surface area (Å²) in [7, 11) is -2.31. The van der Waals surface area contributed by atoms with E-state index in [0.717, 1.165) is 94.6 Å². The van der Waals surface area contributed by atoms with Crippen molar-refractivity contribution in [3.8, 4) is 46.0 Å². The Labute approximate surface area is 974 Å². The maximum absolute atomic E-state index is 13.1.